The van der Waals surface area contributed by atoms with Gasteiger partial charge in [-0.25, -0.2) is 9.37 Å². The second-order valence-corrected chi connectivity index (χ2v) is 5.42. The average Bonchev–Trinajstić information content (AvgIpc) is 2.40. The predicted molar refractivity (Wildman–Crippen MR) is 75.8 cm³/mol. The summed E-state index contributed by atoms with van der Waals surface area (Å²) in [4.78, 5) is 3.21. The first-order chi connectivity index (χ1) is 10.1. The van der Waals surface area contributed by atoms with Crippen LogP contribution in [0.5, 0.6) is 11.6 Å². The van der Waals surface area contributed by atoms with Crippen LogP contribution in [0.3, 0.4) is 0 Å². The molecule has 0 aliphatic carbocycles. The third-order valence-corrected chi connectivity index (χ3v) is 3.95. The van der Waals surface area contributed by atoms with Crippen LogP contribution in [0.2, 0.25) is 20.1 Å². The Bertz CT molecular complexity index is 736. The van der Waals surface area contributed by atoms with Gasteiger partial charge in [-0.1, -0.05) is 46.4 Å². The summed E-state index contributed by atoms with van der Waals surface area (Å²) < 4.78 is 56.5. The summed E-state index contributed by atoms with van der Waals surface area (Å²) in [5.41, 5.74) is -1.46. The Morgan fingerprint density at radius 2 is 1.59 bits per heavy atom. The highest BCUT2D eigenvalue weighted by Gasteiger charge is 2.38. The Hall–Kier alpha value is -0.950. The van der Waals surface area contributed by atoms with Gasteiger partial charge in [-0.15, -0.1) is 0 Å². The van der Waals surface area contributed by atoms with Gasteiger partial charge in [0.1, 0.15) is 16.6 Å². The van der Waals surface area contributed by atoms with Crippen molar-refractivity contribution in [1.82, 2.24) is 4.98 Å². The van der Waals surface area contributed by atoms with E-state index in [2.05, 4.69) is 4.98 Å². The van der Waals surface area contributed by atoms with E-state index in [1.165, 1.54) is 0 Å². The molecule has 0 saturated carbocycles. The Morgan fingerprint density at radius 1 is 0.955 bits per heavy atom. The van der Waals surface area contributed by atoms with Crippen molar-refractivity contribution < 1.29 is 22.3 Å². The van der Waals surface area contributed by atoms with Gasteiger partial charge < -0.3 is 4.74 Å². The maximum Gasteiger partial charge on any atom is 0.435 e. The zero-order valence-corrected chi connectivity index (χ0v) is 13.1. The number of pyridine rings is 1. The molecule has 0 spiro atoms. The lowest BCUT2D eigenvalue weighted by atomic mass is 10.3. The second kappa shape index (κ2) is 6.28. The Morgan fingerprint density at radius 3 is 2.14 bits per heavy atom. The van der Waals surface area contributed by atoms with Gasteiger partial charge in [0.2, 0.25) is 5.88 Å². The standard InChI is InChI=1S/C12H3Cl4F4NO/c13-5-3-4(17)1-2-6(5)22-11-9(16)7(14)8(15)10(21-11)12(18,19)20/h1-3H. The molecule has 0 radical (unpaired) electrons. The number of aromatic nitrogens is 1. The number of benzene rings is 1. The zero-order valence-electron chi connectivity index (χ0n) is 10.1. The molecule has 0 saturated heterocycles. The highest BCUT2D eigenvalue weighted by molar-refractivity contribution is 6.48. The molecule has 2 rings (SSSR count). The van der Waals surface area contributed by atoms with Crippen LogP contribution in [0, 0.1) is 5.82 Å². The van der Waals surface area contributed by atoms with Crippen molar-refractivity contribution in [2.24, 2.45) is 0 Å². The molecule has 10 heteroatoms. The van der Waals surface area contributed by atoms with E-state index in [0.717, 1.165) is 18.2 Å². The monoisotopic (exact) mass is 393 g/mol. The molecule has 118 valence electrons. The molecule has 1 heterocycles. The number of ether oxygens (including phenoxy) is 1. The number of hydrogen-bond donors (Lipinski definition) is 0. The van der Waals surface area contributed by atoms with E-state index in [1.807, 2.05) is 0 Å². The van der Waals surface area contributed by atoms with Crippen LogP contribution < -0.4 is 4.74 Å². The first-order valence-electron chi connectivity index (χ1n) is 5.36. The molecule has 22 heavy (non-hydrogen) atoms. The molecule has 0 bridgehead atoms. The Kier molecular flexibility index (Phi) is 4.96. The Balaban J connectivity index is 2.54. The SMILES string of the molecule is Fc1ccc(Oc2nc(C(F)(F)F)c(Cl)c(Cl)c2Cl)c(Cl)c1. The first kappa shape index (κ1) is 17.4. The molecular weight excluding hydrogens is 392 g/mol. The van der Waals surface area contributed by atoms with Crippen LogP contribution >= 0.6 is 46.4 Å². The molecule has 0 amide bonds. The average molecular weight is 395 g/mol. The van der Waals surface area contributed by atoms with Crippen LogP contribution in [0.25, 0.3) is 0 Å². The quantitative estimate of drug-likeness (QED) is 0.532. The third-order valence-electron chi connectivity index (χ3n) is 2.36. The van der Waals surface area contributed by atoms with E-state index in [0.29, 0.717) is 0 Å². The number of nitrogens with zero attached hydrogens (tertiary/aromatic N) is 1. The zero-order chi connectivity index (χ0) is 16.7. The minimum absolute atomic E-state index is 0.149. The fourth-order valence-electron chi connectivity index (χ4n) is 1.41. The van der Waals surface area contributed by atoms with Crippen LogP contribution in [-0.2, 0) is 6.18 Å². The van der Waals surface area contributed by atoms with Gasteiger partial charge in [-0.05, 0) is 18.2 Å². The number of hydrogen-bond acceptors (Lipinski definition) is 2. The smallest absolute Gasteiger partial charge is 0.435 e. The van der Waals surface area contributed by atoms with E-state index in [4.69, 9.17) is 51.1 Å². The summed E-state index contributed by atoms with van der Waals surface area (Å²) in [6.45, 7) is 0. The van der Waals surface area contributed by atoms with E-state index >= 15 is 0 Å². The third kappa shape index (κ3) is 3.51. The Labute approximate surface area is 141 Å². The van der Waals surface area contributed by atoms with E-state index in [-0.39, 0.29) is 10.8 Å². The molecule has 1 aromatic carbocycles. The topological polar surface area (TPSA) is 22.1 Å². The van der Waals surface area contributed by atoms with E-state index in [1.54, 1.807) is 0 Å². The van der Waals surface area contributed by atoms with Crippen molar-refractivity contribution in [2.45, 2.75) is 6.18 Å². The summed E-state index contributed by atoms with van der Waals surface area (Å²) >= 11 is 22.6. The van der Waals surface area contributed by atoms with Crippen molar-refractivity contribution in [2.75, 3.05) is 0 Å². The maximum atomic E-state index is 12.9. The van der Waals surface area contributed by atoms with Gasteiger partial charge in [0, 0.05) is 0 Å². The number of halogens is 8. The van der Waals surface area contributed by atoms with Gasteiger partial charge in [0.15, 0.2) is 5.69 Å². The van der Waals surface area contributed by atoms with Crippen molar-refractivity contribution in [1.29, 1.82) is 0 Å². The fourth-order valence-corrected chi connectivity index (χ4v) is 2.26. The van der Waals surface area contributed by atoms with Crippen LogP contribution in [0.4, 0.5) is 17.6 Å². The molecule has 0 fully saturated rings. The van der Waals surface area contributed by atoms with Crippen molar-refractivity contribution in [3.05, 3.63) is 49.8 Å². The molecule has 1 aromatic heterocycles. The molecular formula is C12H3Cl4F4NO. The van der Waals surface area contributed by atoms with Crippen LogP contribution in [-0.4, -0.2) is 4.98 Å². The molecule has 0 aliphatic heterocycles. The summed E-state index contributed by atoms with van der Waals surface area (Å²) in [6, 6.07) is 3.01. The second-order valence-electron chi connectivity index (χ2n) is 3.88. The molecule has 0 aliphatic rings. The van der Waals surface area contributed by atoms with Crippen LogP contribution in [0.15, 0.2) is 18.2 Å². The fraction of sp³-hybridized carbons (Fsp3) is 0.0833. The molecule has 0 unspecified atom stereocenters. The van der Waals surface area contributed by atoms with Gasteiger partial charge in [0.05, 0.1) is 15.1 Å². The lowest BCUT2D eigenvalue weighted by Crippen LogP contribution is -2.10. The highest BCUT2D eigenvalue weighted by atomic mass is 35.5. The lowest BCUT2D eigenvalue weighted by Gasteiger charge is -2.14. The van der Waals surface area contributed by atoms with Gasteiger partial charge >= 0.3 is 6.18 Å². The first-order valence-corrected chi connectivity index (χ1v) is 6.87. The summed E-state index contributed by atoms with van der Waals surface area (Å²) in [5, 5.41) is -2.03. The molecule has 2 aromatic rings. The van der Waals surface area contributed by atoms with E-state index in [9.17, 15) is 17.6 Å². The van der Waals surface area contributed by atoms with Crippen molar-refractivity contribution in [3.63, 3.8) is 0 Å². The normalized spacial score (nSPS) is 11.6. The highest BCUT2D eigenvalue weighted by Crippen LogP contribution is 2.44. The maximum absolute atomic E-state index is 12.9. The molecule has 0 N–H and O–H groups in total. The molecule has 2 nitrogen and oxygen atoms in total. The minimum Gasteiger partial charge on any atom is -0.436 e. The predicted octanol–water partition coefficient (Wildman–Crippen LogP) is 6.65. The summed E-state index contributed by atoms with van der Waals surface area (Å²) in [6.07, 6.45) is -4.87. The number of rotatable bonds is 2. The van der Waals surface area contributed by atoms with Gasteiger partial charge in [0.25, 0.3) is 0 Å². The van der Waals surface area contributed by atoms with Crippen LogP contribution in [0.1, 0.15) is 5.69 Å². The summed E-state index contributed by atoms with van der Waals surface area (Å²) in [7, 11) is 0. The summed E-state index contributed by atoms with van der Waals surface area (Å²) in [5.74, 6) is -1.46. The van der Waals surface area contributed by atoms with Crippen molar-refractivity contribution in [3.8, 4) is 11.6 Å². The lowest BCUT2D eigenvalue weighted by molar-refractivity contribution is -0.141. The van der Waals surface area contributed by atoms with Crippen molar-refractivity contribution >= 4 is 46.4 Å². The largest absolute Gasteiger partial charge is 0.436 e. The van der Waals surface area contributed by atoms with Gasteiger partial charge in [-0.2, -0.15) is 13.2 Å². The van der Waals surface area contributed by atoms with Gasteiger partial charge in [-0.3, -0.25) is 0 Å². The number of alkyl halides is 3. The van der Waals surface area contributed by atoms with E-state index < -0.39 is 38.6 Å². The minimum atomic E-state index is -4.87. The molecule has 0 atom stereocenters.